The third kappa shape index (κ3) is 4.44. The van der Waals surface area contributed by atoms with Crippen molar-refractivity contribution in [2.45, 2.75) is 32.1 Å². The molecule has 3 rings (SSSR count). The molecule has 154 valence electrons. The molecule has 0 atom stereocenters. The average molecular weight is 396 g/mol. The quantitative estimate of drug-likeness (QED) is 0.571. The second-order valence-electron chi connectivity index (χ2n) is 7.89. The molecule has 0 bridgehead atoms. The maximum absolute atomic E-state index is 12.5. The first-order chi connectivity index (χ1) is 13.8. The van der Waals surface area contributed by atoms with Crippen molar-refractivity contribution in [3.63, 3.8) is 0 Å². The maximum atomic E-state index is 12.5. The molecule has 0 radical (unpaired) electrons. The summed E-state index contributed by atoms with van der Waals surface area (Å²) < 4.78 is 17.2. The monoisotopic (exact) mass is 396 g/mol. The standard InChI is InChI=1S/C23H28N2O4/c1-22(2,3)25-20-19(17-13-9-10-14-18(17)21(26)29-20)24-15-23(27-4,28-5)16-11-7-6-8-12-16/h6-14,24-25H,15H2,1-5H3. The largest absolute Gasteiger partial charge is 0.404 e. The maximum Gasteiger partial charge on any atom is 0.345 e. The molecule has 0 saturated heterocycles. The van der Waals surface area contributed by atoms with Crippen LogP contribution in [0.3, 0.4) is 0 Å². The van der Waals surface area contributed by atoms with Crippen LogP contribution in [0.5, 0.6) is 0 Å². The third-order valence-corrected chi connectivity index (χ3v) is 4.70. The van der Waals surface area contributed by atoms with Crippen molar-refractivity contribution >= 4 is 22.3 Å². The SMILES string of the molecule is COC(CNc1c(NC(C)(C)C)oc(=O)c2ccccc12)(OC)c1ccccc1. The fourth-order valence-electron chi connectivity index (χ4n) is 3.27. The van der Waals surface area contributed by atoms with Crippen LogP contribution in [-0.4, -0.2) is 26.3 Å². The van der Waals surface area contributed by atoms with E-state index in [1.165, 1.54) is 0 Å². The van der Waals surface area contributed by atoms with Crippen molar-refractivity contribution in [1.29, 1.82) is 0 Å². The number of hydrogen-bond donors (Lipinski definition) is 2. The molecule has 1 aromatic heterocycles. The van der Waals surface area contributed by atoms with Crippen LogP contribution in [0.4, 0.5) is 11.6 Å². The smallest absolute Gasteiger partial charge is 0.345 e. The Morgan fingerprint density at radius 3 is 2.07 bits per heavy atom. The molecule has 0 unspecified atom stereocenters. The van der Waals surface area contributed by atoms with Crippen molar-refractivity contribution in [2.24, 2.45) is 0 Å². The normalized spacial score (nSPS) is 12.2. The predicted octanol–water partition coefficient (Wildman–Crippen LogP) is 4.56. The van der Waals surface area contributed by atoms with E-state index < -0.39 is 5.79 Å². The Bertz CT molecular complexity index is 1020. The predicted molar refractivity (Wildman–Crippen MR) is 116 cm³/mol. The van der Waals surface area contributed by atoms with Crippen molar-refractivity contribution in [1.82, 2.24) is 0 Å². The Morgan fingerprint density at radius 2 is 1.48 bits per heavy atom. The van der Waals surface area contributed by atoms with Gasteiger partial charge in [0.25, 0.3) is 0 Å². The van der Waals surface area contributed by atoms with E-state index in [0.717, 1.165) is 10.9 Å². The topological polar surface area (TPSA) is 72.7 Å². The van der Waals surface area contributed by atoms with E-state index in [1.54, 1.807) is 20.3 Å². The number of fused-ring (bicyclic) bond motifs is 1. The molecular formula is C23H28N2O4. The molecule has 0 aliphatic rings. The number of hydrogen-bond acceptors (Lipinski definition) is 6. The number of nitrogens with one attached hydrogen (secondary N) is 2. The van der Waals surface area contributed by atoms with Gasteiger partial charge in [-0.2, -0.15) is 0 Å². The molecule has 0 spiro atoms. The summed E-state index contributed by atoms with van der Waals surface area (Å²) in [6.45, 7) is 6.32. The molecule has 2 N–H and O–H groups in total. The Morgan fingerprint density at radius 1 is 0.897 bits per heavy atom. The Balaban J connectivity index is 2.07. The first-order valence-corrected chi connectivity index (χ1v) is 9.53. The Kier molecular flexibility index (Phi) is 5.96. The molecule has 6 heteroatoms. The lowest BCUT2D eigenvalue weighted by atomic mass is 10.0. The van der Waals surface area contributed by atoms with Gasteiger partial charge in [-0.15, -0.1) is 0 Å². The van der Waals surface area contributed by atoms with Crippen LogP contribution in [0.25, 0.3) is 10.8 Å². The van der Waals surface area contributed by atoms with E-state index in [0.29, 0.717) is 23.5 Å². The van der Waals surface area contributed by atoms with Crippen molar-refractivity contribution < 1.29 is 13.9 Å². The highest BCUT2D eigenvalue weighted by Gasteiger charge is 2.33. The molecule has 1 heterocycles. The minimum Gasteiger partial charge on any atom is -0.404 e. The van der Waals surface area contributed by atoms with Crippen molar-refractivity contribution in [2.75, 3.05) is 31.4 Å². The fourth-order valence-corrected chi connectivity index (χ4v) is 3.27. The summed E-state index contributed by atoms with van der Waals surface area (Å²) in [5.74, 6) is -0.618. The molecule has 0 aliphatic carbocycles. The summed E-state index contributed by atoms with van der Waals surface area (Å²) in [5.41, 5.74) is 0.883. The van der Waals surface area contributed by atoms with Crippen LogP contribution < -0.4 is 16.3 Å². The van der Waals surface area contributed by atoms with Crippen LogP contribution >= 0.6 is 0 Å². The van der Waals surface area contributed by atoms with E-state index in [4.69, 9.17) is 13.9 Å². The third-order valence-electron chi connectivity index (χ3n) is 4.70. The van der Waals surface area contributed by atoms with Crippen LogP contribution in [0.15, 0.2) is 63.8 Å². The van der Waals surface area contributed by atoms with Crippen LogP contribution in [0.1, 0.15) is 26.3 Å². The molecule has 3 aromatic rings. The van der Waals surface area contributed by atoms with Crippen molar-refractivity contribution in [3.8, 4) is 0 Å². The number of anilines is 2. The highest BCUT2D eigenvalue weighted by Crippen LogP contribution is 2.33. The lowest BCUT2D eigenvalue weighted by Gasteiger charge is -2.32. The summed E-state index contributed by atoms with van der Waals surface area (Å²) in [5, 5.41) is 7.96. The molecule has 0 saturated carbocycles. The molecule has 6 nitrogen and oxygen atoms in total. The van der Waals surface area contributed by atoms with Crippen molar-refractivity contribution in [3.05, 3.63) is 70.6 Å². The van der Waals surface area contributed by atoms with Gasteiger partial charge in [0.1, 0.15) is 5.69 Å². The molecular weight excluding hydrogens is 368 g/mol. The van der Waals surface area contributed by atoms with Gasteiger partial charge < -0.3 is 24.5 Å². The molecule has 0 fully saturated rings. The summed E-state index contributed by atoms with van der Waals surface area (Å²) in [6, 6.07) is 17.1. The van der Waals surface area contributed by atoms with Crippen LogP contribution in [0, 0.1) is 0 Å². The van der Waals surface area contributed by atoms with Gasteiger partial charge in [-0.25, -0.2) is 4.79 Å². The Hall–Kier alpha value is -2.83. The summed E-state index contributed by atoms with van der Waals surface area (Å²) in [4.78, 5) is 12.5. The lowest BCUT2D eigenvalue weighted by Crippen LogP contribution is -2.38. The van der Waals surface area contributed by atoms with Gasteiger partial charge in [-0.05, 0) is 26.8 Å². The minimum absolute atomic E-state index is 0.298. The second kappa shape index (κ2) is 8.27. The number of benzene rings is 2. The highest BCUT2D eigenvalue weighted by atomic mass is 16.7. The Labute approximate surface area is 170 Å². The number of ether oxygens (including phenoxy) is 2. The fraction of sp³-hybridized carbons (Fsp3) is 0.348. The van der Waals surface area contributed by atoms with Gasteiger partial charge in [-0.1, -0.05) is 48.5 Å². The zero-order chi connectivity index (χ0) is 21.1. The summed E-state index contributed by atoms with van der Waals surface area (Å²) in [6.07, 6.45) is 0. The molecule has 0 aliphatic heterocycles. The molecule has 2 aromatic carbocycles. The van der Waals surface area contributed by atoms with Gasteiger partial charge in [0.2, 0.25) is 11.7 Å². The average Bonchev–Trinajstić information content (AvgIpc) is 2.70. The van der Waals surface area contributed by atoms with Crippen LogP contribution in [-0.2, 0) is 15.3 Å². The summed E-state index contributed by atoms with van der Waals surface area (Å²) >= 11 is 0. The highest BCUT2D eigenvalue weighted by molar-refractivity contribution is 5.97. The van der Waals surface area contributed by atoms with Crippen LogP contribution in [0.2, 0.25) is 0 Å². The molecule has 29 heavy (non-hydrogen) atoms. The minimum atomic E-state index is -1.00. The lowest BCUT2D eigenvalue weighted by molar-refractivity contribution is -0.205. The second-order valence-corrected chi connectivity index (χ2v) is 7.89. The van der Waals surface area contributed by atoms with Gasteiger partial charge in [0.05, 0.1) is 11.9 Å². The van der Waals surface area contributed by atoms with E-state index in [1.807, 2.05) is 69.3 Å². The van der Waals surface area contributed by atoms with E-state index in [9.17, 15) is 4.79 Å². The van der Waals surface area contributed by atoms with Gasteiger partial charge >= 0.3 is 5.63 Å². The zero-order valence-electron chi connectivity index (χ0n) is 17.5. The van der Waals surface area contributed by atoms with Gasteiger partial charge in [0, 0.05) is 30.7 Å². The van der Waals surface area contributed by atoms with E-state index in [-0.39, 0.29) is 11.2 Å². The first-order valence-electron chi connectivity index (χ1n) is 9.53. The summed E-state index contributed by atoms with van der Waals surface area (Å²) in [7, 11) is 3.21. The number of rotatable bonds is 7. The first kappa shape index (κ1) is 20.9. The molecule has 0 amide bonds. The zero-order valence-corrected chi connectivity index (χ0v) is 17.5. The van der Waals surface area contributed by atoms with Gasteiger partial charge in [0.15, 0.2) is 0 Å². The number of methoxy groups -OCH3 is 2. The van der Waals surface area contributed by atoms with E-state index >= 15 is 0 Å². The van der Waals surface area contributed by atoms with E-state index in [2.05, 4.69) is 10.6 Å². The van der Waals surface area contributed by atoms with Gasteiger partial charge in [-0.3, -0.25) is 0 Å².